The molecule has 2 aromatic heterocycles. The Labute approximate surface area is 107 Å². The fraction of sp³-hybridized carbons (Fsp3) is 0.188. The van der Waals surface area contributed by atoms with Crippen molar-refractivity contribution in [2.24, 2.45) is 0 Å². The molecule has 0 aliphatic rings. The van der Waals surface area contributed by atoms with Crippen molar-refractivity contribution in [1.82, 2.24) is 9.38 Å². The van der Waals surface area contributed by atoms with Crippen molar-refractivity contribution in [2.75, 3.05) is 0 Å². The number of fused-ring (bicyclic) bond motifs is 1. The van der Waals surface area contributed by atoms with Gasteiger partial charge in [0.1, 0.15) is 5.65 Å². The molecule has 1 aromatic carbocycles. The molecule has 0 unspecified atom stereocenters. The fourth-order valence-corrected chi connectivity index (χ4v) is 2.25. The second-order valence-corrected chi connectivity index (χ2v) is 4.84. The third kappa shape index (κ3) is 1.70. The quantitative estimate of drug-likeness (QED) is 0.626. The van der Waals surface area contributed by atoms with E-state index < -0.39 is 0 Å². The minimum atomic E-state index is 1.02. The van der Waals surface area contributed by atoms with E-state index in [2.05, 4.69) is 67.8 Å². The lowest BCUT2D eigenvalue weighted by Crippen LogP contribution is -1.87. The molecule has 0 bridgehead atoms. The van der Waals surface area contributed by atoms with Gasteiger partial charge in [-0.25, -0.2) is 4.98 Å². The van der Waals surface area contributed by atoms with Gasteiger partial charge in [-0.05, 0) is 38.5 Å². The molecule has 2 nitrogen and oxygen atoms in total. The highest BCUT2D eigenvalue weighted by Gasteiger charge is 2.09. The van der Waals surface area contributed by atoms with Gasteiger partial charge in [0.05, 0.1) is 5.69 Å². The maximum Gasteiger partial charge on any atom is 0.137 e. The smallest absolute Gasteiger partial charge is 0.137 e. The summed E-state index contributed by atoms with van der Waals surface area (Å²) in [5.74, 6) is 0. The number of pyridine rings is 1. The molecule has 0 N–H and O–H groups in total. The number of imidazole rings is 1. The summed E-state index contributed by atoms with van der Waals surface area (Å²) in [5, 5.41) is 0. The summed E-state index contributed by atoms with van der Waals surface area (Å²) < 4.78 is 2.14. The molecule has 2 heterocycles. The van der Waals surface area contributed by atoms with Gasteiger partial charge in [-0.1, -0.05) is 29.8 Å². The molecule has 0 amide bonds. The Kier molecular flexibility index (Phi) is 2.44. The van der Waals surface area contributed by atoms with Crippen LogP contribution in [-0.4, -0.2) is 9.38 Å². The standard InChI is InChI=1S/C16H16N2/c1-11-4-6-14(7-5-11)16-13(3)18-9-8-12(2)10-15(18)17-16/h4-10H,1-3H3. The number of aryl methyl sites for hydroxylation is 3. The Morgan fingerprint density at radius 1 is 0.889 bits per heavy atom. The van der Waals surface area contributed by atoms with Crippen LogP contribution in [0.2, 0.25) is 0 Å². The Bertz CT molecular complexity index is 706. The molecule has 0 aliphatic carbocycles. The van der Waals surface area contributed by atoms with Crippen molar-refractivity contribution >= 4 is 5.65 Å². The highest BCUT2D eigenvalue weighted by molar-refractivity contribution is 5.66. The molecule has 0 fully saturated rings. The molecule has 18 heavy (non-hydrogen) atoms. The van der Waals surface area contributed by atoms with Gasteiger partial charge in [0.25, 0.3) is 0 Å². The van der Waals surface area contributed by atoms with Crippen LogP contribution in [-0.2, 0) is 0 Å². The van der Waals surface area contributed by atoms with E-state index in [4.69, 9.17) is 4.98 Å². The number of aromatic nitrogens is 2. The van der Waals surface area contributed by atoms with Crippen molar-refractivity contribution in [1.29, 1.82) is 0 Å². The predicted molar refractivity (Wildman–Crippen MR) is 74.8 cm³/mol. The first kappa shape index (κ1) is 11.0. The highest BCUT2D eigenvalue weighted by atomic mass is 15.0. The van der Waals surface area contributed by atoms with E-state index in [1.807, 2.05) is 0 Å². The van der Waals surface area contributed by atoms with Crippen molar-refractivity contribution in [3.63, 3.8) is 0 Å². The van der Waals surface area contributed by atoms with Crippen LogP contribution in [0.4, 0.5) is 0 Å². The number of nitrogens with zero attached hydrogens (tertiary/aromatic N) is 2. The molecule has 0 atom stereocenters. The molecule has 0 saturated carbocycles. The predicted octanol–water partition coefficient (Wildman–Crippen LogP) is 3.93. The second kappa shape index (κ2) is 3.98. The lowest BCUT2D eigenvalue weighted by Gasteiger charge is -2.00. The summed E-state index contributed by atoms with van der Waals surface area (Å²) in [6.45, 7) is 6.31. The third-order valence-electron chi connectivity index (χ3n) is 3.35. The number of benzene rings is 1. The van der Waals surface area contributed by atoms with E-state index in [0.29, 0.717) is 0 Å². The van der Waals surface area contributed by atoms with Gasteiger partial charge in [0.15, 0.2) is 0 Å². The monoisotopic (exact) mass is 236 g/mol. The van der Waals surface area contributed by atoms with Crippen molar-refractivity contribution in [3.8, 4) is 11.3 Å². The van der Waals surface area contributed by atoms with Crippen LogP contribution < -0.4 is 0 Å². The van der Waals surface area contributed by atoms with Crippen molar-refractivity contribution in [3.05, 3.63) is 59.4 Å². The van der Waals surface area contributed by atoms with Crippen LogP contribution in [0, 0.1) is 20.8 Å². The molecular formula is C16H16N2. The minimum absolute atomic E-state index is 1.02. The Morgan fingerprint density at radius 2 is 1.61 bits per heavy atom. The number of hydrogen-bond acceptors (Lipinski definition) is 1. The van der Waals surface area contributed by atoms with Crippen molar-refractivity contribution in [2.45, 2.75) is 20.8 Å². The van der Waals surface area contributed by atoms with Crippen LogP contribution in [0.15, 0.2) is 42.6 Å². The fourth-order valence-electron chi connectivity index (χ4n) is 2.25. The minimum Gasteiger partial charge on any atom is -0.304 e. The van der Waals surface area contributed by atoms with Crippen LogP contribution in [0.5, 0.6) is 0 Å². The molecule has 90 valence electrons. The second-order valence-electron chi connectivity index (χ2n) is 4.84. The van der Waals surface area contributed by atoms with Crippen molar-refractivity contribution < 1.29 is 0 Å². The molecule has 0 aliphatic heterocycles. The van der Waals surface area contributed by atoms with E-state index >= 15 is 0 Å². The van der Waals surface area contributed by atoms with Gasteiger partial charge in [0, 0.05) is 17.5 Å². The zero-order valence-corrected chi connectivity index (χ0v) is 10.9. The van der Waals surface area contributed by atoms with E-state index in [1.165, 1.54) is 22.4 Å². The Balaban J connectivity index is 2.23. The molecule has 0 saturated heterocycles. The van der Waals surface area contributed by atoms with Gasteiger partial charge >= 0.3 is 0 Å². The largest absolute Gasteiger partial charge is 0.304 e. The van der Waals surface area contributed by atoms with Gasteiger partial charge < -0.3 is 4.40 Å². The van der Waals surface area contributed by atoms with E-state index in [1.54, 1.807) is 0 Å². The molecule has 0 spiro atoms. The normalized spacial score (nSPS) is 11.1. The van der Waals surface area contributed by atoms with E-state index in [0.717, 1.165) is 11.3 Å². The van der Waals surface area contributed by atoms with Crippen LogP contribution in [0.25, 0.3) is 16.9 Å². The van der Waals surface area contributed by atoms with Crippen LogP contribution >= 0.6 is 0 Å². The molecule has 3 aromatic rings. The van der Waals surface area contributed by atoms with E-state index in [9.17, 15) is 0 Å². The molecule has 0 radical (unpaired) electrons. The summed E-state index contributed by atoms with van der Waals surface area (Å²) in [6.07, 6.45) is 2.09. The SMILES string of the molecule is Cc1ccc(-c2nc3cc(C)ccn3c2C)cc1. The zero-order valence-electron chi connectivity index (χ0n) is 10.9. The Morgan fingerprint density at radius 3 is 2.33 bits per heavy atom. The highest BCUT2D eigenvalue weighted by Crippen LogP contribution is 2.24. The first-order chi connectivity index (χ1) is 8.65. The van der Waals surface area contributed by atoms with E-state index in [-0.39, 0.29) is 0 Å². The summed E-state index contributed by atoms with van der Waals surface area (Å²) in [4.78, 5) is 4.74. The van der Waals surface area contributed by atoms with Crippen LogP contribution in [0.1, 0.15) is 16.8 Å². The Hall–Kier alpha value is -2.09. The average Bonchev–Trinajstić information content (AvgIpc) is 2.67. The van der Waals surface area contributed by atoms with Gasteiger partial charge in [-0.2, -0.15) is 0 Å². The first-order valence-corrected chi connectivity index (χ1v) is 6.17. The number of rotatable bonds is 1. The zero-order chi connectivity index (χ0) is 12.7. The molecule has 3 rings (SSSR count). The van der Waals surface area contributed by atoms with Gasteiger partial charge in [0.2, 0.25) is 0 Å². The summed E-state index contributed by atoms with van der Waals surface area (Å²) in [5.41, 5.74) is 6.97. The maximum atomic E-state index is 4.74. The molecular weight excluding hydrogens is 220 g/mol. The average molecular weight is 236 g/mol. The summed E-state index contributed by atoms with van der Waals surface area (Å²) >= 11 is 0. The third-order valence-corrected chi connectivity index (χ3v) is 3.35. The lowest BCUT2D eigenvalue weighted by molar-refractivity contribution is 1.10. The summed E-state index contributed by atoms with van der Waals surface area (Å²) in [7, 11) is 0. The first-order valence-electron chi connectivity index (χ1n) is 6.17. The lowest BCUT2D eigenvalue weighted by atomic mass is 10.1. The number of hydrogen-bond donors (Lipinski definition) is 0. The topological polar surface area (TPSA) is 17.3 Å². The molecule has 2 heteroatoms. The maximum absolute atomic E-state index is 4.74. The summed E-state index contributed by atoms with van der Waals surface area (Å²) in [6, 6.07) is 12.8. The van der Waals surface area contributed by atoms with Gasteiger partial charge in [-0.15, -0.1) is 0 Å². The van der Waals surface area contributed by atoms with Crippen LogP contribution in [0.3, 0.4) is 0 Å². The van der Waals surface area contributed by atoms with Gasteiger partial charge in [-0.3, -0.25) is 0 Å².